The number of aromatic nitrogens is 2. The van der Waals surface area contributed by atoms with Gasteiger partial charge >= 0.3 is 19.4 Å². The van der Waals surface area contributed by atoms with Gasteiger partial charge in [-0.1, -0.05) is 47.0 Å². The second-order valence-corrected chi connectivity index (χ2v) is 11.5. The molecule has 0 radical (unpaired) electrons. The number of azide groups is 1. The van der Waals surface area contributed by atoms with Crippen molar-refractivity contribution in [1.29, 1.82) is 0 Å². The van der Waals surface area contributed by atoms with Crippen LogP contribution < -0.4 is 20.9 Å². The maximum atomic E-state index is 14.1. The zero-order valence-corrected chi connectivity index (χ0v) is 24.2. The Kier molecular flexibility index (Phi) is 10.2. The van der Waals surface area contributed by atoms with Gasteiger partial charge in [-0.05, 0) is 48.7 Å². The third-order valence-electron chi connectivity index (χ3n) is 6.39. The van der Waals surface area contributed by atoms with Crippen LogP contribution in [0.15, 0.2) is 75.5 Å². The van der Waals surface area contributed by atoms with Crippen molar-refractivity contribution in [3.8, 4) is 5.75 Å². The van der Waals surface area contributed by atoms with E-state index in [2.05, 4.69) is 20.1 Å². The summed E-state index contributed by atoms with van der Waals surface area (Å²) in [6.45, 7) is 1.10. The van der Waals surface area contributed by atoms with Crippen molar-refractivity contribution in [2.24, 2.45) is 5.11 Å². The smallest absolute Gasteiger partial charge is 0.459 e. The molecule has 42 heavy (non-hydrogen) atoms. The molecule has 1 fully saturated rings. The van der Waals surface area contributed by atoms with Crippen molar-refractivity contribution in [3.05, 3.63) is 108 Å². The number of benzene rings is 2. The molecule has 1 aliphatic rings. The van der Waals surface area contributed by atoms with E-state index < -0.39 is 56.0 Å². The summed E-state index contributed by atoms with van der Waals surface area (Å²) in [6.07, 6.45) is -0.383. The van der Waals surface area contributed by atoms with E-state index in [1.54, 1.807) is 24.3 Å². The standard InChI is InChI=1S/C26H28ClN6O8P/c1-16-14-33(26(36)29-24(16)34)23-13-20(30-32-28)22(40-23)15-39-42(37,41-19-10-8-18(27)9-11-19)31-21(25(35)38-2)12-17-6-4-3-5-7-17/h3-11,14,20-23H,12-13,15H2,1-2H3,(H,31,37)(H,29,34,36)/t20-,21-,22+,23+,42?/m0/s1. The molecule has 2 N–H and O–H groups in total. The summed E-state index contributed by atoms with van der Waals surface area (Å²) in [5.41, 5.74) is 8.90. The first-order chi connectivity index (χ1) is 20.1. The number of methoxy groups -OCH3 is 1. The molecular formula is C26H28ClN6O8P. The predicted molar refractivity (Wildman–Crippen MR) is 152 cm³/mol. The number of H-pyrrole nitrogens is 1. The Morgan fingerprint density at radius 2 is 1.98 bits per heavy atom. The fraction of sp³-hybridized carbons (Fsp3) is 0.346. The van der Waals surface area contributed by atoms with E-state index >= 15 is 0 Å². The first-order valence-electron chi connectivity index (χ1n) is 12.7. The van der Waals surface area contributed by atoms with Gasteiger partial charge in [-0.15, -0.1) is 0 Å². The zero-order chi connectivity index (χ0) is 30.3. The highest BCUT2D eigenvalue weighted by Gasteiger charge is 2.40. The van der Waals surface area contributed by atoms with Crippen molar-refractivity contribution < 1.29 is 27.9 Å². The van der Waals surface area contributed by atoms with Gasteiger partial charge in [0, 0.05) is 28.1 Å². The van der Waals surface area contributed by atoms with Crippen LogP contribution in [0, 0.1) is 6.92 Å². The Morgan fingerprint density at radius 1 is 1.26 bits per heavy atom. The summed E-state index contributed by atoms with van der Waals surface area (Å²) in [5.74, 6) is -0.579. The third-order valence-corrected chi connectivity index (χ3v) is 8.21. The summed E-state index contributed by atoms with van der Waals surface area (Å²) in [7, 11) is -3.16. The monoisotopic (exact) mass is 618 g/mol. The van der Waals surface area contributed by atoms with Crippen LogP contribution in [0.1, 0.15) is 23.8 Å². The Labute approximate surface area is 244 Å². The first-order valence-corrected chi connectivity index (χ1v) is 14.6. The van der Waals surface area contributed by atoms with E-state index in [4.69, 9.17) is 35.7 Å². The van der Waals surface area contributed by atoms with Gasteiger partial charge in [0.15, 0.2) is 0 Å². The number of halogens is 1. The number of nitrogens with zero attached hydrogens (tertiary/aromatic N) is 4. The molecule has 1 unspecified atom stereocenters. The highest BCUT2D eigenvalue weighted by Crippen LogP contribution is 2.46. The molecule has 222 valence electrons. The van der Waals surface area contributed by atoms with Gasteiger partial charge in [-0.25, -0.2) is 9.36 Å². The van der Waals surface area contributed by atoms with Gasteiger partial charge in [0.2, 0.25) is 0 Å². The molecule has 0 aliphatic carbocycles. The molecule has 3 aromatic rings. The number of rotatable bonds is 12. The normalized spacial score (nSPS) is 20.2. The minimum absolute atomic E-state index is 0.0675. The minimum Gasteiger partial charge on any atom is -0.468 e. The number of hydrogen-bond donors (Lipinski definition) is 2. The van der Waals surface area contributed by atoms with Crippen molar-refractivity contribution in [1.82, 2.24) is 14.6 Å². The van der Waals surface area contributed by atoms with E-state index in [1.807, 2.05) is 6.07 Å². The molecule has 1 aromatic heterocycles. The van der Waals surface area contributed by atoms with Gasteiger partial charge < -0.3 is 14.0 Å². The quantitative estimate of drug-likeness (QED) is 0.0992. The lowest BCUT2D eigenvalue weighted by atomic mass is 10.1. The van der Waals surface area contributed by atoms with Crippen LogP contribution in [0.25, 0.3) is 10.4 Å². The van der Waals surface area contributed by atoms with Gasteiger partial charge in [-0.3, -0.25) is 23.7 Å². The molecule has 0 saturated carbocycles. The molecule has 4 rings (SSSR count). The van der Waals surface area contributed by atoms with Gasteiger partial charge in [0.05, 0.1) is 25.9 Å². The lowest BCUT2D eigenvalue weighted by molar-refractivity contribution is -0.142. The maximum absolute atomic E-state index is 14.1. The lowest BCUT2D eigenvalue weighted by Gasteiger charge is -2.26. The van der Waals surface area contributed by atoms with Gasteiger partial charge in [0.25, 0.3) is 5.56 Å². The van der Waals surface area contributed by atoms with Crippen molar-refractivity contribution in [2.75, 3.05) is 13.7 Å². The molecule has 0 bridgehead atoms. The number of nitrogens with one attached hydrogen (secondary N) is 2. The number of aryl methyl sites for hydroxylation is 1. The van der Waals surface area contributed by atoms with E-state index in [0.717, 1.165) is 5.56 Å². The van der Waals surface area contributed by atoms with Crippen LogP contribution in [-0.4, -0.2) is 47.4 Å². The minimum atomic E-state index is -4.35. The van der Waals surface area contributed by atoms with E-state index in [0.29, 0.717) is 5.02 Å². The van der Waals surface area contributed by atoms with Crippen molar-refractivity contribution >= 4 is 25.3 Å². The van der Waals surface area contributed by atoms with Crippen LogP contribution in [0.5, 0.6) is 5.75 Å². The van der Waals surface area contributed by atoms with Crippen LogP contribution in [-0.2, 0) is 29.8 Å². The van der Waals surface area contributed by atoms with Crippen molar-refractivity contribution in [3.63, 3.8) is 0 Å². The fourth-order valence-electron chi connectivity index (χ4n) is 4.28. The molecule has 14 nitrogen and oxygen atoms in total. The largest absolute Gasteiger partial charge is 0.468 e. The Hall–Kier alpha value is -3.90. The summed E-state index contributed by atoms with van der Waals surface area (Å²) in [6, 6.07) is 13.0. The molecular weight excluding hydrogens is 591 g/mol. The zero-order valence-electron chi connectivity index (χ0n) is 22.6. The number of carbonyl (C=O) groups excluding carboxylic acids is 1. The van der Waals surface area contributed by atoms with Gasteiger partial charge in [-0.2, -0.15) is 5.09 Å². The highest BCUT2D eigenvalue weighted by molar-refractivity contribution is 7.52. The summed E-state index contributed by atoms with van der Waals surface area (Å²) < 4.78 is 37.7. The Bertz CT molecular complexity index is 1610. The number of ether oxygens (including phenoxy) is 2. The molecule has 2 heterocycles. The molecule has 1 saturated heterocycles. The van der Waals surface area contributed by atoms with Gasteiger partial charge in [0.1, 0.15) is 18.0 Å². The summed E-state index contributed by atoms with van der Waals surface area (Å²) in [4.78, 5) is 42.0. The van der Waals surface area contributed by atoms with Crippen LogP contribution in [0.4, 0.5) is 0 Å². The number of esters is 1. The number of carbonyl (C=O) groups is 1. The van der Waals surface area contributed by atoms with E-state index in [9.17, 15) is 18.9 Å². The van der Waals surface area contributed by atoms with Crippen molar-refractivity contribution in [2.45, 2.75) is 44.2 Å². The molecule has 0 amide bonds. The topological polar surface area (TPSA) is 187 Å². The van der Waals surface area contributed by atoms with Crippen LogP contribution in [0.3, 0.4) is 0 Å². The second-order valence-electron chi connectivity index (χ2n) is 9.35. The Morgan fingerprint density at radius 3 is 2.64 bits per heavy atom. The molecule has 0 spiro atoms. The SMILES string of the molecule is COC(=O)[C@H](Cc1ccccc1)NP(=O)(OC[C@H]1O[C@@H](n2cc(C)c(=O)[nH]c2=O)C[C@@H]1N=[N+]=[N-])Oc1ccc(Cl)cc1. The van der Waals surface area contributed by atoms with Crippen LogP contribution in [0.2, 0.25) is 5.02 Å². The Balaban J connectivity index is 1.59. The first kappa shape index (κ1) is 31.0. The molecule has 2 aromatic carbocycles. The fourth-order valence-corrected chi connectivity index (χ4v) is 5.91. The molecule has 5 atom stereocenters. The number of hydrogen-bond acceptors (Lipinski definition) is 9. The average molecular weight is 619 g/mol. The summed E-state index contributed by atoms with van der Waals surface area (Å²) in [5, 5.41) is 6.85. The second kappa shape index (κ2) is 13.8. The van der Waals surface area contributed by atoms with E-state index in [1.165, 1.54) is 49.1 Å². The molecule has 16 heteroatoms. The average Bonchev–Trinajstić information content (AvgIpc) is 3.37. The molecule has 1 aliphatic heterocycles. The summed E-state index contributed by atoms with van der Waals surface area (Å²) >= 11 is 5.97. The van der Waals surface area contributed by atoms with Crippen LogP contribution >= 0.6 is 19.3 Å². The lowest BCUT2D eigenvalue weighted by Crippen LogP contribution is -2.39. The number of aromatic amines is 1. The van der Waals surface area contributed by atoms with E-state index in [-0.39, 0.29) is 24.2 Å². The maximum Gasteiger partial charge on any atom is 0.459 e. The predicted octanol–water partition coefficient (Wildman–Crippen LogP) is 4.04. The third kappa shape index (κ3) is 7.89. The highest BCUT2D eigenvalue weighted by atomic mass is 35.5.